The highest BCUT2D eigenvalue weighted by Gasteiger charge is 2.23. The third-order valence-electron chi connectivity index (χ3n) is 4.38. The highest BCUT2D eigenvalue weighted by Crippen LogP contribution is 2.24. The first-order chi connectivity index (χ1) is 11.8. The monoisotopic (exact) mass is 344 g/mol. The van der Waals surface area contributed by atoms with Crippen molar-refractivity contribution in [2.75, 3.05) is 11.9 Å². The van der Waals surface area contributed by atoms with E-state index in [-0.39, 0.29) is 18.2 Å². The Kier molecular flexibility index (Phi) is 4.53. The summed E-state index contributed by atoms with van der Waals surface area (Å²) < 4.78 is 26.6. The predicted molar refractivity (Wildman–Crippen MR) is 90.2 cm³/mol. The zero-order chi connectivity index (χ0) is 18.1. The minimum atomic E-state index is -0.654. The Balaban J connectivity index is 1.74. The van der Waals surface area contributed by atoms with E-state index in [0.29, 0.717) is 23.4 Å². The molecule has 0 aliphatic carbocycles. The van der Waals surface area contributed by atoms with Gasteiger partial charge in [0, 0.05) is 36.8 Å². The van der Waals surface area contributed by atoms with Gasteiger partial charge in [0.05, 0.1) is 0 Å². The van der Waals surface area contributed by atoms with E-state index in [0.717, 1.165) is 11.6 Å². The van der Waals surface area contributed by atoms with Gasteiger partial charge in [0.15, 0.2) is 0 Å². The average molecular weight is 344 g/mol. The molecule has 2 aromatic carbocycles. The Bertz CT molecular complexity index is 831. The number of rotatable bonds is 4. The van der Waals surface area contributed by atoms with E-state index in [2.05, 4.69) is 5.32 Å². The zero-order valence-electron chi connectivity index (χ0n) is 14.0. The first kappa shape index (κ1) is 17.1. The molecule has 1 aliphatic heterocycles. The molecule has 1 heterocycles. The van der Waals surface area contributed by atoms with E-state index in [1.54, 1.807) is 32.2 Å². The van der Waals surface area contributed by atoms with E-state index in [1.165, 1.54) is 17.0 Å². The van der Waals surface area contributed by atoms with Crippen molar-refractivity contribution in [1.82, 2.24) is 5.32 Å². The Morgan fingerprint density at radius 1 is 1.20 bits per heavy atom. The third kappa shape index (κ3) is 3.52. The number of halogens is 2. The van der Waals surface area contributed by atoms with Gasteiger partial charge < -0.3 is 10.2 Å². The topological polar surface area (TPSA) is 49.4 Å². The molecule has 1 atom stereocenters. The fourth-order valence-electron chi connectivity index (χ4n) is 3.05. The summed E-state index contributed by atoms with van der Waals surface area (Å²) >= 11 is 0. The van der Waals surface area contributed by atoms with Crippen LogP contribution >= 0.6 is 0 Å². The molecule has 0 saturated carbocycles. The van der Waals surface area contributed by atoms with Crippen molar-refractivity contribution in [3.05, 3.63) is 64.7 Å². The Hall–Kier alpha value is -2.76. The molecule has 1 N–H and O–H groups in total. The Morgan fingerprint density at radius 2 is 1.88 bits per heavy atom. The largest absolute Gasteiger partial charge is 0.348 e. The molecule has 0 bridgehead atoms. The molecular weight excluding hydrogens is 326 g/mol. The van der Waals surface area contributed by atoms with Gasteiger partial charge in [-0.25, -0.2) is 8.78 Å². The minimum absolute atomic E-state index is 0.114. The standard InChI is InChI=1S/C19H18F2N2O2/c1-11(5-12-6-14(20)9-15(21)7-12)19(25)23(2)16-3-4-17-13(8-16)10-22-18(17)24/h3-4,6-9,11H,5,10H2,1-2H3,(H,22,24)/t11-/m0/s1. The molecule has 4 nitrogen and oxygen atoms in total. The summed E-state index contributed by atoms with van der Waals surface area (Å²) in [5.41, 5.74) is 2.59. The lowest BCUT2D eigenvalue weighted by Gasteiger charge is -2.22. The second kappa shape index (κ2) is 6.63. The van der Waals surface area contributed by atoms with Crippen LogP contribution in [0.15, 0.2) is 36.4 Å². The van der Waals surface area contributed by atoms with Gasteiger partial charge in [-0.3, -0.25) is 9.59 Å². The summed E-state index contributed by atoms with van der Waals surface area (Å²) in [5, 5.41) is 2.73. The lowest BCUT2D eigenvalue weighted by molar-refractivity contribution is -0.121. The van der Waals surface area contributed by atoms with Gasteiger partial charge in [-0.15, -0.1) is 0 Å². The molecule has 0 fully saturated rings. The van der Waals surface area contributed by atoms with E-state index in [1.807, 2.05) is 0 Å². The molecule has 0 spiro atoms. The second-order valence-corrected chi connectivity index (χ2v) is 6.30. The van der Waals surface area contributed by atoms with E-state index >= 15 is 0 Å². The van der Waals surface area contributed by atoms with Crippen LogP contribution in [0.2, 0.25) is 0 Å². The highest BCUT2D eigenvalue weighted by atomic mass is 19.1. The summed E-state index contributed by atoms with van der Waals surface area (Å²) in [6.07, 6.45) is 0.239. The zero-order valence-corrected chi connectivity index (χ0v) is 14.0. The highest BCUT2D eigenvalue weighted by molar-refractivity contribution is 6.00. The summed E-state index contributed by atoms with van der Waals surface area (Å²) in [7, 11) is 1.65. The van der Waals surface area contributed by atoms with Crippen molar-refractivity contribution < 1.29 is 18.4 Å². The van der Waals surface area contributed by atoms with Crippen molar-refractivity contribution in [3.8, 4) is 0 Å². The smallest absolute Gasteiger partial charge is 0.251 e. The maximum atomic E-state index is 13.3. The van der Waals surface area contributed by atoms with Crippen LogP contribution in [0, 0.1) is 17.6 Å². The fraction of sp³-hybridized carbons (Fsp3) is 0.263. The fourth-order valence-corrected chi connectivity index (χ4v) is 3.05. The molecule has 1 aliphatic rings. The van der Waals surface area contributed by atoms with Crippen LogP contribution in [0.25, 0.3) is 0 Å². The molecule has 25 heavy (non-hydrogen) atoms. The van der Waals surface area contributed by atoms with E-state index < -0.39 is 17.6 Å². The van der Waals surface area contributed by atoms with Gasteiger partial charge in [0.1, 0.15) is 11.6 Å². The lowest BCUT2D eigenvalue weighted by atomic mass is 9.99. The predicted octanol–water partition coefficient (Wildman–Crippen LogP) is 3.05. The molecule has 2 amide bonds. The van der Waals surface area contributed by atoms with Crippen molar-refractivity contribution >= 4 is 17.5 Å². The molecule has 0 unspecified atom stereocenters. The molecule has 130 valence electrons. The van der Waals surface area contributed by atoms with Crippen LogP contribution in [-0.2, 0) is 17.8 Å². The number of benzene rings is 2. The van der Waals surface area contributed by atoms with Crippen molar-refractivity contribution in [1.29, 1.82) is 0 Å². The third-order valence-corrected chi connectivity index (χ3v) is 4.38. The maximum absolute atomic E-state index is 13.3. The number of carbonyl (C=O) groups is 2. The summed E-state index contributed by atoms with van der Waals surface area (Å²) in [5.74, 6) is -2.03. The van der Waals surface area contributed by atoms with E-state index in [9.17, 15) is 18.4 Å². The van der Waals surface area contributed by atoms with Crippen LogP contribution in [0.3, 0.4) is 0 Å². The normalized spacial score (nSPS) is 14.0. The van der Waals surface area contributed by atoms with Crippen LogP contribution in [0.1, 0.15) is 28.4 Å². The summed E-state index contributed by atoms with van der Waals surface area (Å²) in [6, 6.07) is 8.50. The SMILES string of the molecule is C[C@@H](Cc1cc(F)cc(F)c1)C(=O)N(C)c1ccc2c(c1)CNC2=O. The number of carbonyl (C=O) groups excluding carboxylic acids is 2. The van der Waals surface area contributed by atoms with Crippen molar-refractivity contribution in [2.45, 2.75) is 19.9 Å². The molecular formula is C19H18F2N2O2. The number of hydrogen-bond donors (Lipinski definition) is 1. The van der Waals surface area contributed by atoms with Gasteiger partial charge >= 0.3 is 0 Å². The molecule has 0 aromatic heterocycles. The Morgan fingerprint density at radius 3 is 2.56 bits per heavy atom. The second-order valence-electron chi connectivity index (χ2n) is 6.30. The summed E-state index contributed by atoms with van der Waals surface area (Å²) in [4.78, 5) is 25.7. The van der Waals surface area contributed by atoms with Crippen LogP contribution in [-0.4, -0.2) is 18.9 Å². The first-order valence-electron chi connectivity index (χ1n) is 7.99. The molecule has 3 rings (SSSR count). The van der Waals surface area contributed by atoms with Gasteiger partial charge in [0.2, 0.25) is 5.91 Å². The Labute approximate surface area is 144 Å². The molecule has 0 saturated heterocycles. The first-order valence-corrected chi connectivity index (χ1v) is 7.99. The van der Waals surface area contributed by atoms with Crippen LogP contribution in [0.4, 0.5) is 14.5 Å². The maximum Gasteiger partial charge on any atom is 0.251 e. The number of anilines is 1. The summed E-state index contributed by atoms with van der Waals surface area (Å²) in [6.45, 7) is 2.17. The van der Waals surface area contributed by atoms with Crippen molar-refractivity contribution in [3.63, 3.8) is 0 Å². The van der Waals surface area contributed by atoms with Gasteiger partial charge in [0.25, 0.3) is 5.91 Å². The average Bonchev–Trinajstić information content (AvgIpc) is 2.93. The van der Waals surface area contributed by atoms with Gasteiger partial charge in [-0.2, -0.15) is 0 Å². The number of nitrogens with zero attached hydrogens (tertiary/aromatic N) is 1. The molecule has 2 aromatic rings. The number of fused-ring (bicyclic) bond motifs is 1. The minimum Gasteiger partial charge on any atom is -0.348 e. The van der Waals surface area contributed by atoms with Crippen molar-refractivity contribution in [2.24, 2.45) is 5.92 Å². The molecule has 6 heteroatoms. The number of nitrogens with one attached hydrogen (secondary N) is 1. The number of hydrogen-bond acceptors (Lipinski definition) is 2. The van der Waals surface area contributed by atoms with Crippen LogP contribution < -0.4 is 10.2 Å². The van der Waals surface area contributed by atoms with Crippen LogP contribution in [0.5, 0.6) is 0 Å². The number of amides is 2. The quantitative estimate of drug-likeness (QED) is 0.927. The van der Waals surface area contributed by atoms with E-state index in [4.69, 9.17) is 0 Å². The van der Waals surface area contributed by atoms with Gasteiger partial charge in [-0.05, 0) is 47.9 Å². The lowest BCUT2D eigenvalue weighted by Crippen LogP contribution is -2.32. The van der Waals surface area contributed by atoms with Gasteiger partial charge in [-0.1, -0.05) is 6.92 Å². The molecule has 0 radical (unpaired) electrons.